The normalized spacial score (nSPS) is 30.7. The SMILES string of the molecule is CCOC(=O)[C@]1(CCSC)N[C@@H](c2cccs2)[C@H]2C(=O)N(CC)C(=O)[C@@H]21. The topological polar surface area (TPSA) is 75.7 Å². The van der Waals surface area contributed by atoms with Gasteiger partial charge in [-0.15, -0.1) is 11.3 Å². The highest BCUT2D eigenvalue weighted by Crippen LogP contribution is 2.51. The summed E-state index contributed by atoms with van der Waals surface area (Å²) < 4.78 is 5.36. The number of fused-ring (bicyclic) bond motifs is 1. The third-order valence-electron chi connectivity index (χ3n) is 5.25. The van der Waals surface area contributed by atoms with Crippen LogP contribution in [0.5, 0.6) is 0 Å². The summed E-state index contributed by atoms with van der Waals surface area (Å²) in [4.78, 5) is 41.3. The molecule has 8 heteroatoms. The molecule has 2 amide bonds. The number of hydrogen-bond acceptors (Lipinski definition) is 7. The van der Waals surface area contributed by atoms with Crippen LogP contribution in [0.2, 0.25) is 0 Å². The Morgan fingerprint density at radius 3 is 2.73 bits per heavy atom. The number of likely N-dealkylation sites (tertiary alicyclic amines) is 1. The first kappa shape index (κ1) is 19.4. The van der Waals surface area contributed by atoms with Gasteiger partial charge in [-0.3, -0.25) is 24.6 Å². The Bertz CT molecular complexity index is 693. The molecule has 1 N–H and O–H groups in total. The molecular formula is C18H24N2O4S2. The van der Waals surface area contributed by atoms with Gasteiger partial charge in [0.25, 0.3) is 0 Å². The molecule has 1 aromatic rings. The highest BCUT2D eigenvalue weighted by molar-refractivity contribution is 7.98. The highest BCUT2D eigenvalue weighted by Gasteiger charge is 2.68. The molecule has 142 valence electrons. The van der Waals surface area contributed by atoms with Crippen molar-refractivity contribution in [2.24, 2.45) is 11.8 Å². The van der Waals surface area contributed by atoms with Crippen LogP contribution in [0.1, 0.15) is 31.2 Å². The van der Waals surface area contributed by atoms with Crippen LogP contribution in [0.4, 0.5) is 0 Å². The summed E-state index contributed by atoms with van der Waals surface area (Å²) in [6.07, 6.45) is 2.41. The van der Waals surface area contributed by atoms with E-state index in [0.29, 0.717) is 18.7 Å². The van der Waals surface area contributed by atoms with Gasteiger partial charge >= 0.3 is 5.97 Å². The Morgan fingerprint density at radius 1 is 1.38 bits per heavy atom. The minimum absolute atomic E-state index is 0.191. The smallest absolute Gasteiger partial charge is 0.327 e. The fraction of sp³-hybridized carbons (Fsp3) is 0.611. The molecule has 0 unspecified atom stereocenters. The van der Waals surface area contributed by atoms with Crippen LogP contribution in [0, 0.1) is 11.8 Å². The predicted molar refractivity (Wildman–Crippen MR) is 102 cm³/mol. The van der Waals surface area contributed by atoms with Crippen molar-refractivity contribution in [2.75, 3.05) is 25.2 Å². The molecule has 0 radical (unpaired) electrons. The highest BCUT2D eigenvalue weighted by atomic mass is 32.2. The molecule has 2 aliphatic heterocycles. The van der Waals surface area contributed by atoms with Crippen LogP contribution in [-0.2, 0) is 19.1 Å². The molecule has 6 nitrogen and oxygen atoms in total. The van der Waals surface area contributed by atoms with Gasteiger partial charge in [-0.25, -0.2) is 0 Å². The number of ether oxygens (including phenoxy) is 1. The van der Waals surface area contributed by atoms with Crippen LogP contribution in [0.3, 0.4) is 0 Å². The van der Waals surface area contributed by atoms with E-state index in [1.807, 2.05) is 23.8 Å². The first-order chi connectivity index (χ1) is 12.5. The van der Waals surface area contributed by atoms with E-state index in [9.17, 15) is 14.4 Å². The van der Waals surface area contributed by atoms with E-state index in [4.69, 9.17) is 4.74 Å². The lowest BCUT2D eigenvalue weighted by atomic mass is 9.78. The number of nitrogens with zero attached hydrogens (tertiary/aromatic N) is 1. The summed E-state index contributed by atoms with van der Waals surface area (Å²) in [5.74, 6) is -1.46. The van der Waals surface area contributed by atoms with Crippen molar-refractivity contribution >= 4 is 40.9 Å². The predicted octanol–water partition coefficient (Wildman–Crippen LogP) is 2.07. The van der Waals surface area contributed by atoms with Gasteiger partial charge in [0.1, 0.15) is 5.54 Å². The van der Waals surface area contributed by atoms with E-state index < -0.39 is 23.3 Å². The van der Waals surface area contributed by atoms with Gasteiger partial charge < -0.3 is 4.74 Å². The summed E-state index contributed by atoms with van der Waals surface area (Å²) in [6.45, 7) is 4.10. The van der Waals surface area contributed by atoms with Crippen molar-refractivity contribution in [3.8, 4) is 0 Å². The first-order valence-corrected chi connectivity index (χ1v) is 11.1. The zero-order chi connectivity index (χ0) is 18.9. The average Bonchev–Trinajstić information content (AvgIpc) is 3.31. The molecule has 1 aromatic heterocycles. The van der Waals surface area contributed by atoms with E-state index in [-0.39, 0.29) is 24.5 Å². The lowest BCUT2D eigenvalue weighted by molar-refractivity contribution is -0.156. The Balaban J connectivity index is 2.10. The van der Waals surface area contributed by atoms with Crippen LogP contribution in [0.15, 0.2) is 17.5 Å². The zero-order valence-electron chi connectivity index (χ0n) is 15.2. The maximum atomic E-state index is 13.1. The molecule has 26 heavy (non-hydrogen) atoms. The molecule has 0 bridgehead atoms. The van der Waals surface area contributed by atoms with E-state index in [2.05, 4.69) is 5.32 Å². The fourth-order valence-electron chi connectivity index (χ4n) is 4.13. The second-order valence-electron chi connectivity index (χ2n) is 6.50. The van der Waals surface area contributed by atoms with Crippen molar-refractivity contribution < 1.29 is 19.1 Å². The average molecular weight is 397 g/mol. The summed E-state index contributed by atoms with van der Waals surface area (Å²) in [6, 6.07) is 3.52. The maximum absolute atomic E-state index is 13.1. The van der Waals surface area contributed by atoms with Crippen LogP contribution in [-0.4, -0.2) is 53.4 Å². The van der Waals surface area contributed by atoms with E-state index in [1.165, 1.54) is 16.2 Å². The molecule has 0 spiro atoms. The van der Waals surface area contributed by atoms with Crippen LogP contribution < -0.4 is 5.32 Å². The molecule has 2 aliphatic rings. The maximum Gasteiger partial charge on any atom is 0.327 e. The quantitative estimate of drug-likeness (QED) is 0.562. The third-order valence-corrected chi connectivity index (χ3v) is 6.82. The number of carbonyl (C=O) groups excluding carboxylic acids is 3. The standard InChI is InChI=1S/C18H24N2O4S2/c1-4-20-15(21)12-13(16(20)22)18(8-10-25-3,17(23)24-5-2)19-14(12)11-7-6-9-26-11/h6-7,9,12-14,19H,4-5,8,10H2,1-3H3/t12-,13+,14-,18+/m0/s1. The monoisotopic (exact) mass is 396 g/mol. The molecular weight excluding hydrogens is 372 g/mol. The zero-order valence-corrected chi connectivity index (χ0v) is 16.8. The van der Waals surface area contributed by atoms with Crippen LogP contribution >= 0.6 is 23.1 Å². The van der Waals surface area contributed by atoms with Crippen molar-refractivity contribution in [1.29, 1.82) is 0 Å². The summed E-state index contributed by atoms with van der Waals surface area (Å²) >= 11 is 3.14. The largest absolute Gasteiger partial charge is 0.465 e. The van der Waals surface area contributed by atoms with Crippen LogP contribution in [0.25, 0.3) is 0 Å². The minimum atomic E-state index is -1.16. The molecule has 4 atom stereocenters. The van der Waals surface area contributed by atoms with Gasteiger partial charge in [0.05, 0.1) is 24.5 Å². The van der Waals surface area contributed by atoms with Crippen molar-refractivity contribution in [3.63, 3.8) is 0 Å². The van der Waals surface area contributed by atoms with Crippen molar-refractivity contribution in [1.82, 2.24) is 10.2 Å². The Morgan fingerprint density at radius 2 is 2.15 bits per heavy atom. The Labute approximate surface area is 161 Å². The van der Waals surface area contributed by atoms with Gasteiger partial charge in [-0.1, -0.05) is 6.07 Å². The van der Waals surface area contributed by atoms with Gasteiger partial charge in [-0.05, 0) is 43.7 Å². The number of rotatable bonds is 7. The second-order valence-corrected chi connectivity index (χ2v) is 8.46. The number of esters is 1. The molecule has 0 aliphatic carbocycles. The number of amides is 2. The Hall–Kier alpha value is -1.38. The van der Waals surface area contributed by atoms with E-state index in [1.54, 1.807) is 25.6 Å². The molecule has 2 saturated heterocycles. The molecule has 3 heterocycles. The lowest BCUT2D eigenvalue weighted by Gasteiger charge is -2.32. The van der Waals surface area contributed by atoms with Gasteiger partial charge in [-0.2, -0.15) is 11.8 Å². The number of thioether (sulfide) groups is 1. The lowest BCUT2D eigenvalue weighted by Crippen LogP contribution is -2.56. The molecule has 0 saturated carbocycles. The van der Waals surface area contributed by atoms with Crippen molar-refractivity contribution in [2.45, 2.75) is 31.8 Å². The number of nitrogens with one attached hydrogen (secondary N) is 1. The molecule has 2 fully saturated rings. The summed E-state index contributed by atoms with van der Waals surface area (Å²) in [7, 11) is 0. The number of hydrogen-bond donors (Lipinski definition) is 1. The van der Waals surface area contributed by atoms with E-state index in [0.717, 1.165) is 4.88 Å². The summed E-state index contributed by atoms with van der Waals surface area (Å²) in [5, 5.41) is 5.33. The number of carbonyl (C=O) groups is 3. The van der Waals surface area contributed by atoms with Gasteiger partial charge in [0.15, 0.2) is 0 Å². The third kappa shape index (κ3) is 2.88. The van der Waals surface area contributed by atoms with Crippen molar-refractivity contribution in [3.05, 3.63) is 22.4 Å². The van der Waals surface area contributed by atoms with E-state index >= 15 is 0 Å². The molecule has 3 rings (SSSR count). The summed E-state index contributed by atoms with van der Waals surface area (Å²) in [5.41, 5.74) is -1.16. The van der Waals surface area contributed by atoms with Gasteiger partial charge in [0, 0.05) is 11.4 Å². The second kappa shape index (κ2) is 7.70. The minimum Gasteiger partial charge on any atom is -0.465 e. The number of imide groups is 1. The molecule has 0 aromatic carbocycles. The van der Waals surface area contributed by atoms with Gasteiger partial charge in [0.2, 0.25) is 11.8 Å². The first-order valence-electron chi connectivity index (χ1n) is 8.84. The number of thiophene rings is 1. The Kier molecular flexibility index (Phi) is 5.74. The fourth-order valence-corrected chi connectivity index (χ4v) is 5.48.